The molecule has 2 heterocycles. The first-order valence-electron chi connectivity index (χ1n) is 29.1. The molecule has 6 nitrogen and oxygen atoms in total. The van der Waals surface area contributed by atoms with Crippen molar-refractivity contribution >= 4 is 74.3 Å². The molecule has 0 aromatic heterocycles. The van der Waals surface area contributed by atoms with Crippen LogP contribution in [0.2, 0.25) is 15.1 Å². The third-order valence-corrected chi connectivity index (χ3v) is 29.5. The fourth-order valence-corrected chi connectivity index (χ4v) is 19.0. The number of hydrogen-bond acceptors (Lipinski definition) is 8. The molecule has 0 amide bonds. The Morgan fingerprint density at radius 1 is 0.410 bits per heavy atom. The number of thioether (sulfide) groups is 2. The third-order valence-electron chi connectivity index (χ3n) is 24.2. The standard InChI is InChI=1S/C18H27ClO2.C18H28O2.C17H25ClO2S.C16H22BrClS.C2H2/c1-10-11(15(20)21)8-13(19)12-9-16(2,3)18(6,7)17(4,5)14(10)12;1-11-13(15(19)20)9-8-12-10-16(2,3)18(6,7)17(4,5)14(11)12;1-9-10(14(19)20)8-11(18)13-12(9)15(2,3)16(4,5)17(6,7)21-13;1-9-10(17)8-11(18)13-12(9)14(2,3)15(4,5)16(6,7)19-13;1-2/h8,15,20-21H,9H2,1-7H3;8-9,15,19-20H,10H2,1-7H3;8,14,19-20H,1-7H3;8H,1-7H3;1-2H. The Labute approximate surface area is 535 Å². The van der Waals surface area contributed by atoms with E-state index in [2.05, 4.69) is 208 Å². The van der Waals surface area contributed by atoms with Crippen LogP contribution in [0.25, 0.3) is 0 Å². The Morgan fingerprint density at radius 2 is 0.723 bits per heavy atom. The highest BCUT2D eigenvalue weighted by Gasteiger charge is 2.58. The van der Waals surface area contributed by atoms with Crippen LogP contribution in [0.15, 0.2) is 44.6 Å². The van der Waals surface area contributed by atoms with E-state index in [-0.39, 0.29) is 63.6 Å². The predicted molar refractivity (Wildman–Crippen MR) is 361 cm³/mol. The lowest BCUT2D eigenvalue weighted by Crippen LogP contribution is -2.52. The molecule has 4 aliphatic rings. The maximum Gasteiger partial charge on any atom is 0.178 e. The molecule has 0 atom stereocenters. The summed E-state index contributed by atoms with van der Waals surface area (Å²) in [5, 5.41) is 59.8. The van der Waals surface area contributed by atoms with E-state index in [4.69, 9.17) is 34.8 Å². The smallest absolute Gasteiger partial charge is 0.178 e. The summed E-state index contributed by atoms with van der Waals surface area (Å²) < 4.78 is 1.28. The second-order valence-electron chi connectivity index (χ2n) is 30.7. The molecule has 2 aliphatic heterocycles. The number of hydrogen-bond donors (Lipinski definition) is 6. The molecule has 6 N–H and O–H groups in total. The number of fused-ring (bicyclic) bond motifs is 4. The van der Waals surface area contributed by atoms with Crippen molar-refractivity contribution in [1.29, 1.82) is 0 Å². The maximum absolute atomic E-state index is 9.63. The molecule has 4 aromatic carbocycles. The van der Waals surface area contributed by atoms with E-state index in [0.717, 1.165) is 55.0 Å². The molecule has 0 spiro atoms. The van der Waals surface area contributed by atoms with Gasteiger partial charge in [0.2, 0.25) is 0 Å². The molecule has 0 bridgehead atoms. The van der Waals surface area contributed by atoms with Gasteiger partial charge < -0.3 is 30.6 Å². The van der Waals surface area contributed by atoms with Crippen LogP contribution in [0.3, 0.4) is 0 Å². The minimum Gasteiger partial charge on any atom is -0.364 e. The number of aliphatic hydroxyl groups is 6. The van der Waals surface area contributed by atoms with Crippen LogP contribution in [0, 0.1) is 73.0 Å². The van der Waals surface area contributed by atoms with Gasteiger partial charge in [-0.3, -0.25) is 0 Å². The Balaban J connectivity index is 0.000000235. The topological polar surface area (TPSA) is 121 Å². The normalized spacial score (nSPS) is 22.0. The molecular formula is C71H104BrCl3O6S2. The van der Waals surface area contributed by atoms with Crippen LogP contribution in [0.1, 0.15) is 257 Å². The van der Waals surface area contributed by atoms with Crippen molar-refractivity contribution in [3.63, 3.8) is 0 Å². The molecule has 0 radical (unpaired) electrons. The van der Waals surface area contributed by atoms with Gasteiger partial charge in [-0.2, -0.15) is 0 Å². The van der Waals surface area contributed by atoms with Crippen LogP contribution in [-0.4, -0.2) is 40.1 Å². The molecular weight excluding hydrogens is 1200 g/mol. The summed E-state index contributed by atoms with van der Waals surface area (Å²) in [5.74, 6) is 0. The van der Waals surface area contributed by atoms with Crippen LogP contribution >= 0.6 is 74.3 Å². The first kappa shape index (κ1) is 73.7. The van der Waals surface area contributed by atoms with E-state index >= 15 is 0 Å². The highest BCUT2D eigenvalue weighted by atomic mass is 79.9. The minimum absolute atomic E-state index is 0.0148. The fraction of sp³-hybridized carbons (Fsp3) is 0.634. The first-order chi connectivity index (χ1) is 37.1. The third kappa shape index (κ3) is 11.9. The average Bonchev–Trinajstić information content (AvgIpc) is 3.31. The maximum atomic E-state index is 9.63. The number of rotatable bonds is 3. The summed E-state index contributed by atoms with van der Waals surface area (Å²) in [5.41, 5.74) is 13.9. The summed E-state index contributed by atoms with van der Waals surface area (Å²) in [6.45, 7) is 63.3. The van der Waals surface area contributed by atoms with E-state index in [1.165, 1.54) is 32.7 Å². The molecule has 83 heavy (non-hydrogen) atoms. The summed E-state index contributed by atoms with van der Waals surface area (Å²) in [4.78, 5) is 2.34. The van der Waals surface area contributed by atoms with E-state index in [1.54, 1.807) is 23.9 Å². The van der Waals surface area contributed by atoms with Crippen molar-refractivity contribution in [2.75, 3.05) is 0 Å². The quantitative estimate of drug-likeness (QED) is 0.0886. The first-order valence-corrected chi connectivity index (χ1v) is 32.7. The average molecular weight is 1300 g/mol. The Hall–Kier alpha value is -1.75. The van der Waals surface area contributed by atoms with Crippen molar-refractivity contribution < 1.29 is 30.6 Å². The predicted octanol–water partition coefficient (Wildman–Crippen LogP) is 20.1. The van der Waals surface area contributed by atoms with Crippen molar-refractivity contribution in [3.8, 4) is 12.8 Å². The highest BCUT2D eigenvalue weighted by molar-refractivity contribution is 9.10. The lowest BCUT2D eigenvalue weighted by molar-refractivity contribution is -0.0441. The monoisotopic (exact) mass is 1300 g/mol. The Bertz CT molecular complexity index is 3030. The number of terminal acetylenes is 1. The van der Waals surface area contributed by atoms with Gasteiger partial charge in [0.15, 0.2) is 18.9 Å². The molecule has 2 aliphatic carbocycles. The molecule has 12 heteroatoms. The van der Waals surface area contributed by atoms with Gasteiger partial charge in [0.1, 0.15) is 0 Å². The second kappa shape index (κ2) is 23.9. The van der Waals surface area contributed by atoms with Gasteiger partial charge in [-0.25, -0.2) is 0 Å². The lowest BCUT2D eigenvalue weighted by atomic mass is 9.47. The fourth-order valence-electron chi connectivity index (χ4n) is 14.2. The van der Waals surface area contributed by atoms with Crippen molar-refractivity contribution in [2.24, 2.45) is 32.5 Å². The summed E-state index contributed by atoms with van der Waals surface area (Å²) in [7, 11) is 0. The summed E-state index contributed by atoms with van der Waals surface area (Å²) in [6.07, 6.45) is 5.56. The number of halogens is 4. The van der Waals surface area contributed by atoms with Gasteiger partial charge in [-0.1, -0.05) is 201 Å². The molecule has 464 valence electrons. The molecule has 0 saturated heterocycles. The number of aliphatic hydroxyl groups excluding tert-OH is 3. The van der Waals surface area contributed by atoms with E-state index < -0.39 is 18.9 Å². The SMILES string of the molecule is C#C.Cc1c(Br)cc(Cl)c2c1C(C)(C)C(C)(C)C(C)(C)S2.Cc1c(C(O)O)cc(Cl)c2c1C(C)(C)C(C)(C)C(C)(C)C2.Cc1c(C(O)O)cc(Cl)c2c1C(C)(C)C(C)(C)C(C)(C)S2.Cc1c(C(O)O)ccc2c1C(C)(C)C(C)(C)C(C)(C)C2. The van der Waals surface area contributed by atoms with Gasteiger partial charge >= 0.3 is 0 Å². The minimum atomic E-state index is -1.49. The molecule has 0 fully saturated rings. The molecule has 0 unspecified atom stereocenters. The lowest BCUT2D eigenvalue weighted by Gasteiger charge is -2.57. The van der Waals surface area contributed by atoms with E-state index in [0.29, 0.717) is 26.7 Å². The number of benzene rings is 4. The zero-order valence-electron chi connectivity index (χ0n) is 55.7. The highest BCUT2D eigenvalue weighted by Crippen LogP contribution is 2.66. The second-order valence-corrected chi connectivity index (χ2v) is 36.0. The van der Waals surface area contributed by atoms with Crippen molar-refractivity contribution in [2.45, 2.75) is 267 Å². The Kier molecular flexibility index (Phi) is 21.2. The van der Waals surface area contributed by atoms with Gasteiger partial charge in [-0.05, 0) is 196 Å². The van der Waals surface area contributed by atoms with Crippen LogP contribution in [-0.2, 0) is 34.5 Å². The van der Waals surface area contributed by atoms with Crippen LogP contribution in [0.4, 0.5) is 0 Å². The summed E-state index contributed by atoms with van der Waals surface area (Å²) in [6, 6.07) is 9.38. The molecule has 8 rings (SSSR count). The molecule has 0 saturated carbocycles. The van der Waals surface area contributed by atoms with Gasteiger partial charge in [-0.15, -0.1) is 36.4 Å². The van der Waals surface area contributed by atoms with Crippen LogP contribution in [0.5, 0.6) is 0 Å². The zero-order chi connectivity index (χ0) is 65.1. The van der Waals surface area contributed by atoms with Gasteiger partial charge in [0.25, 0.3) is 0 Å². The molecule has 4 aromatic rings. The van der Waals surface area contributed by atoms with E-state index in [9.17, 15) is 30.6 Å². The van der Waals surface area contributed by atoms with Crippen molar-refractivity contribution in [1.82, 2.24) is 0 Å². The van der Waals surface area contributed by atoms with E-state index in [1.807, 2.05) is 44.7 Å². The largest absolute Gasteiger partial charge is 0.364 e. The van der Waals surface area contributed by atoms with Gasteiger partial charge in [0.05, 0.1) is 10.0 Å². The zero-order valence-corrected chi connectivity index (χ0v) is 61.2. The van der Waals surface area contributed by atoms with Crippen molar-refractivity contribution in [3.05, 3.63) is 122 Å². The summed E-state index contributed by atoms with van der Waals surface area (Å²) >= 11 is 26.8. The Morgan fingerprint density at radius 3 is 1.12 bits per heavy atom. The van der Waals surface area contributed by atoms with Gasteiger partial charge in [0, 0.05) is 45.5 Å². The van der Waals surface area contributed by atoms with Crippen LogP contribution < -0.4 is 0 Å².